The third kappa shape index (κ3) is 4.45. The van der Waals surface area contributed by atoms with Gasteiger partial charge in [0.2, 0.25) is 5.91 Å². The fourth-order valence-corrected chi connectivity index (χ4v) is 3.55. The summed E-state index contributed by atoms with van der Waals surface area (Å²) in [6.45, 7) is 1.01. The van der Waals surface area contributed by atoms with Crippen LogP contribution in [0.25, 0.3) is 0 Å². The van der Waals surface area contributed by atoms with Crippen LogP contribution < -0.4 is 19.5 Å². The highest BCUT2D eigenvalue weighted by atomic mass is 16.5. The number of methoxy groups -OCH3 is 3. The Morgan fingerprint density at radius 2 is 1.55 bits per heavy atom. The van der Waals surface area contributed by atoms with Gasteiger partial charge in [0.25, 0.3) is 5.91 Å². The average molecular weight is 398 g/mol. The largest absolute Gasteiger partial charge is 0.495 e. The lowest BCUT2D eigenvalue weighted by molar-refractivity contribution is -0.121. The molecule has 154 valence electrons. The van der Waals surface area contributed by atoms with E-state index in [9.17, 15) is 9.59 Å². The van der Waals surface area contributed by atoms with Gasteiger partial charge >= 0.3 is 0 Å². The van der Waals surface area contributed by atoms with Crippen molar-refractivity contribution in [1.29, 1.82) is 0 Å². The first-order chi connectivity index (χ1) is 14.1. The monoisotopic (exact) mass is 398 g/mol. The van der Waals surface area contributed by atoms with Crippen molar-refractivity contribution in [3.05, 3.63) is 48.0 Å². The van der Waals surface area contributed by atoms with Gasteiger partial charge in [-0.25, -0.2) is 0 Å². The maximum absolute atomic E-state index is 13.0. The summed E-state index contributed by atoms with van der Waals surface area (Å²) in [6.07, 6.45) is 1.19. The van der Waals surface area contributed by atoms with Crippen molar-refractivity contribution in [3.8, 4) is 17.2 Å². The number of ether oxygens (including phenoxy) is 3. The molecule has 0 unspecified atom stereocenters. The summed E-state index contributed by atoms with van der Waals surface area (Å²) >= 11 is 0. The summed E-state index contributed by atoms with van der Waals surface area (Å²) in [7, 11) is 4.63. The maximum atomic E-state index is 13.0. The van der Waals surface area contributed by atoms with Gasteiger partial charge in [-0.15, -0.1) is 0 Å². The smallest absolute Gasteiger partial charge is 0.257 e. The van der Waals surface area contributed by atoms with Crippen LogP contribution in [0.3, 0.4) is 0 Å². The van der Waals surface area contributed by atoms with Crippen molar-refractivity contribution >= 4 is 17.5 Å². The summed E-state index contributed by atoms with van der Waals surface area (Å²) in [4.78, 5) is 27.4. The van der Waals surface area contributed by atoms with Crippen molar-refractivity contribution in [2.24, 2.45) is 5.92 Å². The second-order valence-corrected chi connectivity index (χ2v) is 6.80. The van der Waals surface area contributed by atoms with Crippen molar-refractivity contribution < 1.29 is 23.8 Å². The van der Waals surface area contributed by atoms with Crippen LogP contribution in [-0.2, 0) is 4.79 Å². The number of likely N-dealkylation sites (tertiary alicyclic amines) is 1. The average Bonchev–Trinajstić information content (AvgIpc) is 2.78. The highest BCUT2D eigenvalue weighted by Crippen LogP contribution is 2.32. The normalized spacial score (nSPS) is 14.2. The number of anilines is 1. The Bertz CT molecular complexity index is 875. The molecule has 7 heteroatoms. The summed E-state index contributed by atoms with van der Waals surface area (Å²) in [5.74, 6) is 1.24. The molecule has 1 heterocycles. The van der Waals surface area contributed by atoms with Gasteiger partial charge < -0.3 is 24.4 Å². The third-order valence-electron chi connectivity index (χ3n) is 5.15. The Morgan fingerprint density at radius 3 is 2.21 bits per heavy atom. The molecule has 1 saturated heterocycles. The van der Waals surface area contributed by atoms with Crippen LogP contribution in [0, 0.1) is 5.92 Å². The zero-order valence-corrected chi connectivity index (χ0v) is 16.9. The van der Waals surface area contributed by atoms with Gasteiger partial charge in [-0.1, -0.05) is 18.2 Å². The molecule has 0 aliphatic carbocycles. The number of nitrogens with zero attached hydrogens (tertiary/aromatic N) is 1. The van der Waals surface area contributed by atoms with Crippen molar-refractivity contribution in [2.75, 3.05) is 39.7 Å². The molecule has 3 rings (SSSR count). The highest BCUT2D eigenvalue weighted by Gasteiger charge is 2.30. The van der Waals surface area contributed by atoms with E-state index in [4.69, 9.17) is 14.2 Å². The Hall–Kier alpha value is -3.22. The topological polar surface area (TPSA) is 77.1 Å². The number of hydrogen-bond donors (Lipinski definition) is 1. The van der Waals surface area contributed by atoms with E-state index >= 15 is 0 Å². The third-order valence-corrected chi connectivity index (χ3v) is 5.15. The van der Waals surface area contributed by atoms with Crippen LogP contribution in [0.15, 0.2) is 42.5 Å². The van der Waals surface area contributed by atoms with E-state index in [1.807, 2.05) is 18.2 Å². The molecule has 0 bridgehead atoms. The van der Waals surface area contributed by atoms with Crippen LogP contribution in [-0.4, -0.2) is 51.1 Å². The lowest BCUT2D eigenvalue weighted by Crippen LogP contribution is -2.41. The Morgan fingerprint density at radius 1 is 0.897 bits per heavy atom. The minimum absolute atomic E-state index is 0.0550. The van der Waals surface area contributed by atoms with Crippen molar-refractivity contribution in [2.45, 2.75) is 12.8 Å². The molecule has 1 N–H and O–H groups in total. The van der Waals surface area contributed by atoms with Crippen molar-refractivity contribution in [1.82, 2.24) is 4.90 Å². The molecule has 1 aliphatic rings. The number of benzene rings is 2. The maximum Gasteiger partial charge on any atom is 0.257 e. The Balaban J connectivity index is 1.63. The van der Waals surface area contributed by atoms with Gasteiger partial charge in [0.1, 0.15) is 5.75 Å². The molecule has 1 fully saturated rings. The molecule has 7 nitrogen and oxygen atoms in total. The van der Waals surface area contributed by atoms with E-state index in [1.165, 1.54) is 14.2 Å². The standard InChI is InChI=1S/C22H26N2O5/c1-27-18-9-5-4-8-17(18)23-21(25)15-11-13-24(14-12-15)22(26)16-7-6-10-19(28-2)20(16)29-3/h4-10,15H,11-14H2,1-3H3,(H,23,25). The molecule has 0 aromatic heterocycles. The predicted molar refractivity (Wildman–Crippen MR) is 110 cm³/mol. The number of hydrogen-bond acceptors (Lipinski definition) is 5. The van der Waals surface area contributed by atoms with E-state index in [0.717, 1.165) is 0 Å². The quantitative estimate of drug-likeness (QED) is 0.809. The second-order valence-electron chi connectivity index (χ2n) is 6.80. The van der Waals surface area contributed by atoms with Gasteiger partial charge in [0.05, 0.1) is 32.6 Å². The number of piperidine rings is 1. The number of carbonyl (C=O) groups excluding carboxylic acids is 2. The lowest BCUT2D eigenvalue weighted by Gasteiger charge is -2.32. The fourth-order valence-electron chi connectivity index (χ4n) is 3.55. The molecule has 0 spiro atoms. The van der Waals surface area contributed by atoms with Gasteiger partial charge in [-0.3, -0.25) is 9.59 Å². The van der Waals surface area contributed by atoms with E-state index in [1.54, 1.807) is 36.3 Å². The van der Waals surface area contributed by atoms with Crippen LogP contribution in [0.2, 0.25) is 0 Å². The number of carbonyl (C=O) groups is 2. The van der Waals surface area contributed by atoms with Crippen molar-refractivity contribution in [3.63, 3.8) is 0 Å². The molecule has 2 amide bonds. The Labute approximate surface area is 170 Å². The number of nitrogens with one attached hydrogen (secondary N) is 1. The summed E-state index contributed by atoms with van der Waals surface area (Å²) in [5.41, 5.74) is 1.11. The van der Waals surface area contributed by atoms with Gasteiger partial charge in [0, 0.05) is 19.0 Å². The van der Waals surface area contributed by atoms with E-state index < -0.39 is 0 Å². The zero-order valence-electron chi connectivity index (χ0n) is 16.9. The van der Waals surface area contributed by atoms with Crippen LogP contribution in [0.1, 0.15) is 23.2 Å². The van der Waals surface area contributed by atoms with Gasteiger partial charge in [0.15, 0.2) is 11.5 Å². The SMILES string of the molecule is COc1ccccc1NC(=O)C1CCN(C(=O)c2cccc(OC)c2OC)CC1. The molecule has 2 aromatic carbocycles. The fraction of sp³-hybridized carbons (Fsp3) is 0.364. The minimum atomic E-state index is -0.156. The summed E-state index contributed by atoms with van der Waals surface area (Å²) < 4.78 is 15.9. The number of amides is 2. The lowest BCUT2D eigenvalue weighted by atomic mass is 9.95. The first kappa shape index (κ1) is 20.5. The minimum Gasteiger partial charge on any atom is -0.495 e. The molecule has 0 atom stereocenters. The Kier molecular flexibility index (Phi) is 6.59. The summed E-state index contributed by atoms with van der Waals surface area (Å²) in [6, 6.07) is 12.6. The molecule has 0 radical (unpaired) electrons. The van der Waals surface area contributed by atoms with Crippen LogP contribution in [0.4, 0.5) is 5.69 Å². The first-order valence-corrected chi connectivity index (χ1v) is 9.53. The number of para-hydroxylation sites is 3. The molecule has 0 saturated carbocycles. The zero-order chi connectivity index (χ0) is 20.8. The van der Waals surface area contributed by atoms with E-state index in [0.29, 0.717) is 54.4 Å². The van der Waals surface area contributed by atoms with Gasteiger partial charge in [-0.05, 0) is 37.1 Å². The van der Waals surface area contributed by atoms with Crippen LogP contribution in [0.5, 0.6) is 17.2 Å². The highest BCUT2D eigenvalue weighted by molar-refractivity contribution is 5.98. The second kappa shape index (κ2) is 9.32. The first-order valence-electron chi connectivity index (χ1n) is 9.53. The summed E-state index contributed by atoms with van der Waals surface area (Å²) in [5, 5.41) is 2.94. The molecule has 1 aliphatic heterocycles. The molecule has 2 aromatic rings. The van der Waals surface area contributed by atoms with Gasteiger partial charge in [-0.2, -0.15) is 0 Å². The van der Waals surface area contributed by atoms with Crippen LogP contribution >= 0.6 is 0 Å². The molecule has 29 heavy (non-hydrogen) atoms. The molecular formula is C22H26N2O5. The molecular weight excluding hydrogens is 372 g/mol. The van der Waals surface area contributed by atoms with E-state index in [-0.39, 0.29) is 17.7 Å². The predicted octanol–water partition coefficient (Wildman–Crippen LogP) is 3.20. The number of rotatable bonds is 6. The van der Waals surface area contributed by atoms with E-state index in [2.05, 4.69) is 5.32 Å².